The van der Waals surface area contributed by atoms with Crippen LogP contribution in [0.15, 0.2) is 18.2 Å². The second kappa shape index (κ2) is 7.76. The van der Waals surface area contributed by atoms with Crippen LogP contribution in [-0.2, 0) is 9.59 Å². The molecule has 0 unspecified atom stereocenters. The van der Waals surface area contributed by atoms with Gasteiger partial charge in [-0.2, -0.15) is 0 Å². The van der Waals surface area contributed by atoms with Crippen LogP contribution < -0.4 is 14.8 Å². The van der Waals surface area contributed by atoms with Crippen molar-refractivity contribution in [1.82, 2.24) is 4.90 Å². The highest BCUT2D eigenvalue weighted by molar-refractivity contribution is 5.95. The number of hydrogen-bond donors (Lipinski definition) is 1. The number of nitrogens with one attached hydrogen (secondary N) is 1. The summed E-state index contributed by atoms with van der Waals surface area (Å²) in [5.74, 6) is 0.981. The predicted molar refractivity (Wildman–Crippen MR) is 96.9 cm³/mol. The molecule has 6 nitrogen and oxygen atoms in total. The van der Waals surface area contributed by atoms with Crippen molar-refractivity contribution < 1.29 is 19.1 Å². The van der Waals surface area contributed by atoms with Crippen LogP contribution >= 0.6 is 0 Å². The number of rotatable bonds is 4. The van der Waals surface area contributed by atoms with E-state index in [4.69, 9.17) is 9.47 Å². The number of carbonyl (C=O) groups excluding carboxylic acids is 2. The van der Waals surface area contributed by atoms with Gasteiger partial charge in [-0.25, -0.2) is 0 Å². The Hall–Kier alpha value is -2.24. The van der Waals surface area contributed by atoms with E-state index in [1.165, 1.54) is 0 Å². The van der Waals surface area contributed by atoms with E-state index >= 15 is 0 Å². The highest BCUT2D eigenvalue weighted by atomic mass is 16.5. The van der Waals surface area contributed by atoms with Crippen LogP contribution in [0.5, 0.6) is 11.5 Å². The standard InChI is InChI=1S/C19H28N2O4/c1-19(2,3)18(23)21-10-6-7-13(12-21)17(22)20-15-11-14(24-4)8-9-16(15)25-5/h8-9,11,13H,6-7,10,12H2,1-5H3,(H,20,22)/t13-/m0/s1. The molecule has 1 aromatic carbocycles. The number of methoxy groups -OCH3 is 2. The SMILES string of the molecule is COc1ccc(OC)c(NC(=O)[C@H]2CCCN(C(=O)C(C)(C)C)C2)c1. The first-order valence-corrected chi connectivity index (χ1v) is 8.58. The summed E-state index contributed by atoms with van der Waals surface area (Å²) in [7, 11) is 3.13. The van der Waals surface area contributed by atoms with Gasteiger partial charge in [0.15, 0.2) is 0 Å². The minimum absolute atomic E-state index is 0.0870. The van der Waals surface area contributed by atoms with E-state index in [9.17, 15) is 9.59 Å². The summed E-state index contributed by atoms with van der Waals surface area (Å²) >= 11 is 0. The van der Waals surface area contributed by atoms with Gasteiger partial charge in [0.2, 0.25) is 11.8 Å². The lowest BCUT2D eigenvalue weighted by molar-refractivity contribution is -0.142. The summed E-state index contributed by atoms with van der Waals surface area (Å²) in [5.41, 5.74) is 0.139. The molecule has 1 aliphatic rings. The minimum Gasteiger partial charge on any atom is -0.497 e. The molecule has 1 fully saturated rings. The lowest BCUT2D eigenvalue weighted by atomic mass is 9.91. The summed E-state index contributed by atoms with van der Waals surface area (Å²) in [6, 6.07) is 5.27. The zero-order valence-electron chi connectivity index (χ0n) is 15.7. The van der Waals surface area contributed by atoms with Crippen molar-refractivity contribution in [2.45, 2.75) is 33.6 Å². The molecule has 138 valence electrons. The molecule has 2 amide bonds. The van der Waals surface area contributed by atoms with Crippen molar-refractivity contribution in [3.8, 4) is 11.5 Å². The fraction of sp³-hybridized carbons (Fsp3) is 0.579. The molecule has 0 saturated carbocycles. The quantitative estimate of drug-likeness (QED) is 0.908. The third-order valence-electron chi connectivity index (χ3n) is 4.39. The number of carbonyl (C=O) groups is 2. The van der Waals surface area contributed by atoms with Gasteiger partial charge in [-0.05, 0) is 25.0 Å². The monoisotopic (exact) mass is 348 g/mol. The van der Waals surface area contributed by atoms with Crippen LogP contribution in [0.1, 0.15) is 33.6 Å². The molecule has 0 radical (unpaired) electrons. The van der Waals surface area contributed by atoms with Gasteiger partial charge in [0.05, 0.1) is 25.8 Å². The number of amides is 2. The first-order valence-electron chi connectivity index (χ1n) is 8.58. The summed E-state index contributed by atoms with van der Waals surface area (Å²) in [4.78, 5) is 27.0. The fourth-order valence-electron chi connectivity index (χ4n) is 3.00. The zero-order valence-corrected chi connectivity index (χ0v) is 15.7. The maximum Gasteiger partial charge on any atom is 0.229 e. The smallest absolute Gasteiger partial charge is 0.229 e. The Bertz CT molecular complexity index is 637. The van der Waals surface area contributed by atoms with E-state index in [0.29, 0.717) is 30.3 Å². The highest BCUT2D eigenvalue weighted by Crippen LogP contribution is 2.30. The van der Waals surface area contributed by atoms with Crippen molar-refractivity contribution in [3.05, 3.63) is 18.2 Å². The summed E-state index contributed by atoms with van der Waals surface area (Å²) in [6.07, 6.45) is 1.60. The topological polar surface area (TPSA) is 67.9 Å². The van der Waals surface area contributed by atoms with Crippen LogP contribution in [-0.4, -0.2) is 44.0 Å². The Labute approximate surface area is 149 Å². The van der Waals surface area contributed by atoms with Gasteiger partial charge in [0.25, 0.3) is 0 Å². The van der Waals surface area contributed by atoms with Crippen LogP contribution in [0.3, 0.4) is 0 Å². The van der Waals surface area contributed by atoms with Gasteiger partial charge >= 0.3 is 0 Å². The molecule has 1 heterocycles. The molecule has 2 rings (SSSR count). The second-order valence-corrected chi connectivity index (χ2v) is 7.40. The molecule has 0 aromatic heterocycles. The maximum atomic E-state index is 12.7. The first-order chi connectivity index (χ1) is 11.8. The van der Waals surface area contributed by atoms with Gasteiger partial charge < -0.3 is 19.7 Å². The van der Waals surface area contributed by atoms with Gasteiger partial charge in [-0.1, -0.05) is 20.8 Å². The van der Waals surface area contributed by atoms with E-state index in [1.54, 1.807) is 37.3 Å². The van der Waals surface area contributed by atoms with E-state index in [1.807, 2.05) is 20.8 Å². The molecular weight excluding hydrogens is 320 g/mol. The molecule has 0 spiro atoms. The first kappa shape index (κ1) is 19.1. The van der Waals surface area contributed by atoms with E-state index in [0.717, 1.165) is 12.8 Å². The number of piperidine rings is 1. The van der Waals surface area contributed by atoms with Crippen molar-refractivity contribution in [3.63, 3.8) is 0 Å². The third kappa shape index (κ3) is 4.65. The molecule has 6 heteroatoms. The third-order valence-corrected chi connectivity index (χ3v) is 4.39. The molecule has 1 N–H and O–H groups in total. The Balaban J connectivity index is 2.09. The Morgan fingerprint density at radius 3 is 2.52 bits per heavy atom. The number of benzene rings is 1. The molecule has 0 aliphatic carbocycles. The Morgan fingerprint density at radius 2 is 1.92 bits per heavy atom. The number of nitrogens with zero attached hydrogens (tertiary/aromatic N) is 1. The Morgan fingerprint density at radius 1 is 1.20 bits per heavy atom. The summed E-state index contributed by atoms with van der Waals surface area (Å²) < 4.78 is 10.5. The van der Waals surface area contributed by atoms with Crippen molar-refractivity contribution in [2.24, 2.45) is 11.3 Å². The maximum absolute atomic E-state index is 12.7. The molecule has 25 heavy (non-hydrogen) atoms. The molecule has 1 saturated heterocycles. The van der Waals surface area contributed by atoms with Gasteiger partial charge in [-0.15, -0.1) is 0 Å². The van der Waals surface area contributed by atoms with Crippen molar-refractivity contribution in [1.29, 1.82) is 0 Å². The average Bonchev–Trinajstić information content (AvgIpc) is 2.60. The average molecular weight is 348 g/mol. The number of likely N-dealkylation sites (tertiary alicyclic amines) is 1. The van der Waals surface area contributed by atoms with E-state index < -0.39 is 5.41 Å². The zero-order chi connectivity index (χ0) is 18.6. The van der Waals surface area contributed by atoms with Gasteiger partial charge in [0.1, 0.15) is 11.5 Å². The van der Waals surface area contributed by atoms with Crippen LogP contribution in [0, 0.1) is 11.3 Å². The largest absolute Gasteiger partial charge is 0.497 e. The Kier molecular flexibility index (Phi) is 5.93. The predicted octanol–water partition coefficient (Wildman–Crippen LogP) is 2.93. The fourth-order valence-corrected chi connectivity index (χ4v) is 3.00. The van der Waals surface area contributed by atoms with Crippen LogP contribution in [0.25, 0.3) is 0 Å². The lowest BCUT2D eigenvalue weighted by Crippen LogP contribution is -2.47. The lowest BCUT2D eigenvalue weighted by Gasteiger charge is -2.35. The van der Waals surface area contributed by atoms with E-state index in [-0.39, 0.29) is 17.7 Å². The normalized spacial score (nSPS) is 17.8. The van der Waals surface area contributed by atoms with Gasteiger partial charge in [-0.3, -0.25) is 9.59 Å². The number of anilines is 1. The molecule has 1 aliphatic heterocycles. The van der Waals surface area contributed by atoms with Crippen molar-refractivity contribution in [2.75, 3.05) is 32.6 Å². The minimum atomic E-state index is -0.436. The van der Waals surface area contributed by atoms with Crippen molar-refractivity contribution >= 4 is 17.5 Å². The van der Waals surface area contributed by atoms with E-state index in [2.05, 4.69) is 5.32 Å². The van der Waals surface area contributed by atoms with Crippen LogP contribution in [0.2, 0.25) is 0 Å². The number of ether oxygens (including phenoxy) is 2. The molecule has 1 atom stereocenters. The summed E-state index contributed by atoms with van der Waals surface area (Å²) in [5, 5.41) is 2.92. The summed E-state index contributed by atoms with van der Waals surface area (Å²) in [6.45, 7) is 6.87. The second-order valence-electron chi connectivity index (χ2n) is 7.40. The molecule has 1 aromatic rings. The number of hydrogen-bond acceptors (Lipinski definition) is 4. The highest BCUT2D eigenvalue weighted by Gasteiger charge is 2.33. The molecular formula is C19H28N2O4. The van der Waals surface area contributed by atoms with Gasteiger partial charge in [0, 0.05) is 24.6 Å². The van der Waals surface area contributed by atoms with Crippen LogP contribution in [0.4, 0.5) is 5.69 Å². The molecule has 0 bridgehead atoms.